The third kappa shape index (κ3) is 7.78. The van der Waals surface area contributed by atoms with Gasteiger partial charge in [-0.1, -0.05) is 32.6 Å². The summed E-state index contributed by atoms with van der Waals surface area (Å²) < 4.78 is 38.0. The lowest BCUT2D eigenvalue weighted by Crippen LogP contribution is -2.47. The van der Waals surface area contributed by atoms with Gasteiger partial charge in [-0.2, -0.15) is 0 Å². The highest BCUT2D eigenvalue weighted by atomic mass is 19.1. The SMILES string of the molecule is C=CC(OCC(C)C)=C(C=C(C)C(=O)C1CCC2(CC1)CC(OCC)CC(c1cccc(F)c1)O2)OC. The van der Waals surface area contributed by atoms with Crippen LogP contribution in [0.1, 0.15) is 77.9 Å². The lowest BCUT2D eigenvalue weighted by Gasteiger charge is -2.48. The summed E-state index contributed by atoms with van der Waals surface area (Å²) in [6.07, 6.45) is 7.74. The fourth-order valence-electron chi connectivity index (χ4n) is 5.44. The van der Waals surface area contributed by atoms with Crippen LogP contribution in [0.3, 0.4) is 0 Å². The molecule has 1 saturated carbocycles. The highest BCUT2D eigenvalue weighted by Crippen LogP contribution is 2.47. The van der Waals surface area contributed by atoms with Gasteiger partial charge in [0.05, 0.1) is 31.5 Å². The Morgan fingerprint density at radius 1 is 1.27 bits per heavy atom. The molecule has 1 aliphatic heterocycles. The maximum Gasteiger partial charge on any atom is 0.161 e. The largest absolute Gasteiger partial charge is 0.493 e. The van der Waals surface area contributed by atoms with Crippen molar-refractivity contribution in [3.63, 3.8) is 0 Å². The van der Waals surface area contributed by atoms with Crippen LogP contribution in [0.15, 0.2) is 60.1 Å². The maximum atomic E-state index is 13.9. The molecule has 5 nitrogen and oxygen atoms in total. The Kier molecular flexibility index (Phi) is 10.5. The average molecular weight is 515 g/mol. The first-order valence-corrected chi connectivity index (χ1v) is 13.5. The number of Topliss-reactive ketones (excluding diaryl/α,β-unsaturated/α-hetero) is 1. The molecule has 2 atom stereocenters. The Morgan fingerprint density at radius 2 is 2.00 bits per heavy atom. The molecule has 0 amide bonds. The fraction of sp³-hybridized carbons (Fsp3) is 0.581. The molecule has 1 aliphatic carbocycles. The Bertz CT molecular complexity index is 987. The summed E-state index contributed by atoms with van der Waals surface area (Å²) >= 11 is 0. The number of halogens is 1. The molecule has 0 bridgehead atoms. The molecule has 1 heterocycles. The van der Waals surface area contributed by atoms with Crippen molar-refractivity contribution in [1.82, 2.24) is 0 Å². The number of allylic oxidation sites excluding steroid dienone is 3. The second-order valence-electron chi connectivity index (χ2n) is 10.7. The molecular formula is C31H43FO5. The van der Waals surface area contributed by atoms with Crippen LogP contribution in [-0.4, -0.2) is 37.8 Å². The molecule has 37 heavy (non-hydrogen) atoms. The quantitative estimate of drug-likeness (QED) is 0.177. The van der Waals surface area contributed by atoms with Crippen LogP contribution in [0.5, 0.6) is 0 Å². The summed E-state index contributed by atoms with van der Waals surface area (Å²) in [6.45, 7) is 13.0. The molecule has 0 N–H and O–H groups in total. The minimum atomic E-state index is -0.359. The normalized spacial score (nSPS) is 27.1. The third-order valence-corrected chi connectivity index (χ3v) is 7.32. The Morgan fingerprint density at radius 3 is 2.59 bits per heavy atom. The van der Waals surface area contributed by atoms with E-state index in [0.717, 1.165) is 37.7 Å². The number of ether oxygens (including phenoxy) is 4. The number of ketones is 1. The molecule has 0 aromatic heterocycles. The van der Waals surface area contributed by atoms with Gasteiger partial charge in [0.1, 0.15) is 5.82 Å². The topological polar surface area (TPSA) is 54.0 Å². The third-order valence-electron chi connectivity index (χ3n) is 7.32. The van der Waals surface area contributed by atoms with Crippen molar-refractivity contribution in [2.75, 3.05) is 20.3 Å². The van der Waals surface area contributed by atoms with E-state index >= 15 is 0 Å². The summed E-state index contributed by atoms with van der Waals surface area (Å²) in [5.41, 5.74) is 1.12. The molecule has 6 heteroatoms. The van der Waals surface area contributed by atoms with E-state index in [4.69, 9.17) is 18.9 Å². The van der Waals surface area contributed by atoms with Gasteiger partial charge < -0.3 is 18.9 Å². The summed E-state index contributed by atoms with van der Waals surface area (Å²) in [6, 6.07) is 6.65. The Hall–Kier alpha value is -2.44. The molecule has 2 unspecified atom stereocenters. The molecular weight excluding hydrogens is 471 g/mol. The van der Waals surface area contributed by atoms with Crippen molar-refractivity contribution in [2.24, 2.45) is 11.8 Å². The molecule has 0 radical (unpaired) electrons. The minimum Gasteiger partial charge on any atom is -0.493 e. The van der Waals surface area contributed by atoms with Gasteiger partial charge in [-0.05, 0) is 80.9 Å². The number of hydrogen-bond acceptors (Lipinski definition) is 5. The Labute approximate surface area is 221 Å². The first-order valence-electron chi connectivity index (χ1n) is 13.5. The second-order valence-corrected chi connectivity index (χ2v) is 10.7. The van der Waals surface area contributed by atoms with E-state index in [2.05, 4.69) is 20.4 Å². The molecule has 1 spiro atoms. The highest BCUT2D eigenvalue weighted by Gasteiger charge is 2.45. The van der Waals surface area contributed by atoms with Gasteiger partial charge in [0.15, 0.2) is 17.3 Å². The van der Waals surface area contributed by atoms with Gasteiger partial charge in [-0.15, -0.1) is 0 Å². The van der Waals surface area contributed by atoms with E-state index in [1.807, 2.05) is 19.9 Å². The first kappa shape index (κ1) is 29.1. The van der Waals surface area contributed by atoms with Crippen LogP contribution >= 0.6 is 0 Å². The van der Waals surface area contributed by atoms with Crippen LogP contribution in [0.4, 0.5) is 4.39 Å². The summed E-state index contributed by atoms with van der Waals surface area (Å²) in [5, 5.41) is 0. The summed E-state index contributed by atoms with van der Waals surface area (Å²) in [7, 11) is 1.57. The predicted molar refractivity (Wildman–Crippen MR) is 143 cm³/mol. The minimum absolute atomic E-state index is 0.0541. The summed E-state index contributed by atoms with van der Waals surface area (Å²) in [4.78, 5) is 13.4. The second kappa shape index (κ2) is 13.4. The molecule has 1 aromatic rings. The fourth-order valence-corrected chi connectivity index (χ4v) is 5.44. The monoisotopic (exact) mass is 514 g/mol. The standard InChI is InChI=1S/C31H43FO5/c1-7-27(36-20-21(3)4)29(34-6)16-22(5)30(33)23-12-14-31(15-13-23)19-26(35-8-2)18-28(37-31)24-10-9-11-25(32)17-24/h7,9-11,16-17,21,23,26,28H,1,8,12-15,18-20H2,2-6H3. The van der Waals surface area contributed by atoms with Crippen molar-refractivity contribution in [2.45, 2.75) is 84.0 Å². The molecule has 3 rings (SSSR count). The zero-order valence-electron chi connectivity index (χ0n) is 23.1. The lowest BCUT2D eigenvalue weighted by atomic mass is 9.72. The Balaban J connectivity index is 1.71. The van der Waals surface area contributed by atoms with Crippen LogP contribution in [-0.2, 0) is 23.7 Å². The van der Waals surface area contributed by atoms with Gasteiger partial charge in [-0.3, -0.25) is 4.79 Å². The molecule has 1 saturated heterocycles. The van der Waals surface area contributed by atoms with Crippen LogP contribution in [0.25, 0.3) is 0 Å². The molecule has 1 aromatic carbocycles. The number of benzene rings is 1. The number of carbonyl (C=O) groups is 1. The van der Waals surface area contributed by atoms with Gasteiger partial charge >= 0.3 is 0 Å². The van der Waals surface area contributed by atoms with E-state index in [0.29, 0.717) is 42.6 Å². The first-order chi connectivity index (χ1) is 17.7. The molecule has 2 aliphatic rings. The van der Waals surface area contributed by atoms with E-state index in [1.54, 1.807) is 31.4 Å². The number of methoxy groups -OCH3 is 1. The lowest BCUT2D eigenvalue weighted by molar-refractivity contribution is -0.191. The van der Waals surface area contributed by atoms with Crippen molar-refractivity contribution in [1.29, 1.82) is 0 Å². The molecule has 204 valence electrons. The smallest absolute Gasteiger partial charge is 0.161 e. The zero-order chi connectivity index (χ0) is 27.0. The maximum absolute atomic E-state index is 13.9. The van der Waals surface area contributed by atoms with E-state index < -0.39 is 0 Å². The van der Waals surface area contributed by atoms with E-state index in [9.17, 15) is 9.18 Å². The van der Waals surface area contributed by atoms with Gasteiger partial charge in [0, 0.05) is 25.4 Å². The molecule has 2 fully saturated rings. The van der Waals surface area contributed by atoms with Crippen molar-refractivity contribution >= 4 is 5.78 Å². The van der Waals surface area contributed by atoms with Crippen molar-refractivity contribution in [3.8, 4) is 0 Å². The van der Waals surface area contributed by atoms with E-state index in [1.165, 1.54) is 6.07 Å². The van der Waals surface area contributed by atoms with Crippen LogP contribution in [0, 0.1) is 17.7 Å². The van der Waals surface area contributed by atoms with Crippen molar-refractivity contribution < 1.29 is 28.1 Å². The number of rotatable bonds is 11. The van der Waals surface area contributed by atoms with Gasteiger partial charge in [-0.25, -0.2) is 4.39 Å². The van der Waals surface area contributed by atoms with Crippen LogP contribution in [0.2, 0.25) is 0 Å². The summed E-state index contributed by atoms with van der Waals surface area (Å²) in [5.74, 6) is 1.18. The predicted octanol–water partition coefficient (Wildman–Crippen LogP) is 7.24. The average Bonchev–Trinajstić information content (AvgIpc) is 2.88. The van der Waals surface area contributed by atoms with Crippen LogP contribution < -0.4 is 0 Å². The van der Waals surface area contributed by atoms with E-state index in [-0.39, 0.29) is 35.3 Å². The van der Waals surface area contributed by atoms with Gasteiger partial charge in [0.25, 0.3) is 0 Å². The number of carbonyl (C=O) groups excluding carboxylic acids is 1. The zero-order valence-corrected chi connectivity index (χ0v) is 23.1. The highest BCUT2D eigenvalue weighted by molar-refractivity contribution is 5.97. The number of hydrogen-bond donors (Lipinski definition) is 0. The van der Waals surface area contributed by atoms with Gasteiger partial charge in [0.2, 0.25) is 0 Å². The van der Waals surface area contributed by atoms with Crippen molar-refractivity contribution in [3.05, 3.63) is 71.5 Å².